The second kappa shape index (κ2) is 6.39. The van der Waals surface area contributed by atoms with Crippen LogP contribution in [0.15, 0.2) is 0 Å². The van der Waals surface area contributed by atoms with E-state index < -0.39 is 56.8 Å². The van der Waals surface area contributed by atoms with Gasteiger partial charge in [-0.2, -0.15) is 0 Å². The van der Waals surface area contributed by atoms with Crippen LogP contribution in [0, 0.1) is 0 Å². The number of rotatable bonds is 6. The number of hydrogen-bond acceptors (Lipinski definition) is 7. The third-order valence-corrected chi connectivity index (χ3v) is 5.24. The maximum absolute atomic E-state index is 11.7. The van der Waals surface area contributed by atoms with Crippen molar-refractivity contribution in [2.45, 2.75) is 47.3 Å². The third-order valence-electron chi connectivity index (χ3n) is 2.64. The van der Waals surface area contributed by atoms with E-state index in [2.05, 4.69) is 0 Å². The first kappa shape index (κ1) is 16.7. The summed E-state index contributed by atoms with van der Waals surface area (Å²) in [5.41, 5.74) is 3.17. The van der Waals surface area contributed by atoms with E-state index in [1.807, 2.05) is 0 Å². The van der Waals surface area contributed by atoms with Crippen molar-refractivity contribution >= 4 is 19.5 Å². The monoisotopic (exact) mass is 342 g/mol. The van der Waals surface area contributed by atoms with Gasteiger partial charge in [-0.15, -0.1) is 0 Å². The van der Waals surface area contributed by atoms with E-state index in [4.69, 9.17) is 19.7 Å². The first-order valence-corrected chi connectivity index (χ1v) is 11.5. The Balaban J connectivity index is 2.54. The zero-order chi connectivity index (χ0) is 14.8. The number of aliphatic hydroxyl groups excluding tert-OH is 3. The van der Waals surface area contributed by atoms with Crippen LogP contribution in [0.2, 0.25) is 16.6 Å². The molecule has 1 fully saturated rings. The van der Waals surface area contributed by atoms with Crippen molar-refractivity contribution in [3.05, 3.63) is 0 Å². The third kappa shape index (κ3) is 4.90. The zero-order valence-electron chi connectivity index (χ0n) is 10.7. The molecule has 1 rings (SSSR count). The molecule has 9 heteroatoms. The van der Waals surface area contributed by atoms with Crippen molar-refractivity contribution in [2.75, 3.05) is 6.61 Å². The molecular formula is C10H19AsO8. The number of aliphatic carboxylic acids is 1. The molecule has 0 bridgehead atoms. The van der Waals surface area contributed by atoms with Crippen molar-refractivity contribution in [3.63, 3.8) is 0 Å². The Morgan fingerprint density at radius 1 is 1.37 bits per heavy atom. The summed E-state index contributed by atoms with van der Waals surface area (Å²) in [7, 11) is 0. The molecule has 1 saturated heterocycles. The molecule has 0 radical (unpaired) electrons. The van der Waals surface area contributed by atoms with E-state index in [9.17, 15) is 18.7 Å². The fourth-order valence-electron chi connectivity index (χ4n) is 1.69. The fourth-order valence-corrected chi connectivity index (χ4v) is 4.15. The van der Waals surface area contributed by atoms with Crippen LogP contribution in [0.4, 0.5) is 0 Å². The van der Waals surface area contributed by atoms with Crippen molar-refractivity contribution in [1.29, 1.82) is 0 Å². The Morgan fingerprint density at radius 3 is 2.42 bits per heavy atom. The SMILES string of the molecule is C[As](C)(=O)C[C@H]1O[C@@H](OC[C@H](O)C(=O)O)[C@H](O)[C@H]1O. The van der Waals surface area contributed by atoms with Crippen LogP contribution >= 0.6 is 0 Å². The minimum absolute atomic E-state index is 0.137. The van der Waals surface area contributed by atoms with Crippen LogP contribution in [0.1, 0.15) is 0 Å². The predicted octanol–water partition coefficient (Wildman–Crippen LogP) is -1.47. The van der Waals surface area contributed by atoms with Gasteiger partial charge in [0.25, 0.3) is 0 Å². The molecule has 5 atom stereocenters. The summed E-state index contributed by atoms with van der Waals surface area (Å²) in [5, 5.41) is 37.0. The molecule has 4 N–H and O–H groups in total. The van der Waals surface area contributed by atoms with Crippen molar-refractivity contribution < 1.29 is 38.4 Å². The van der Waals surface area contributed by atoms with Gasteiger partial charge in [-0.25, -0.2) is 0 Å². The fraction of sp³-hybridized carbons (Fsp3) is 0.900. The quantitative estimate of drug-likeness (QED) is 0.430. The Hall–Kier alpha value is -0.372. The first-order valence-electron chi connectivity index (χ1n) is 5.70. The Bertz CT molecular complexity index is 367. The molecule has 1 aliphatic heterocycles. The molecule has 0 unspecified atom stereocenters. The second-order valence-electron chi connectivity index (χ2n) is 4.97. The number of carbonyl (C=O) groups is 1. The van der Waals surface area contributed by atoms with Gasteiger partial charge in [-0.1, -0.05) is 0 Å². The van der Waals surface area contributed by atoms with Crippen LogP contribution in [-0.2, 0) is 18.0 Å². The van der Waals surface area contributed by atoms with Gasteiger partial charge in [0.2, 0.25) is 0 Å². The zero-order valence-corrected chi connectivity index (χ0v) is 12.5. The van der Waals surface area contributed by atoms with Gasteiger partial charge >= 0.3 is 112 Å². The van der Waals surface area contributed by atoms with E-state index in [1.54, 1.807) is 11.4 Å². The molecule has 19 heavy (non-hydrogen) atoms. The number of ether oxygens (including phenoxy) is 2. The van der Waals surface area contributed by atoms with Crippen LogP contribution in [0.3, 0.4) is 0 Å². The molecule has 0 aromatic heterocycles. The maximum atomic E-state index is 11.7. The molecule has 8 nitrogen and oxygen atoms in total. The Morgan fingerprint density at radius 2 is 1.95 bits per heavy atom. The van der Waals surface area contributed by atoms with E-state index in [0.717, 1.165) is 0 Å². The molecule has 0 saturated carbocycles. The molecule has 1 aliphatic rings. The van der Waals surface area contributed by atoms with E-state index in [-0.39, 0.29) is 5.21 Å². The number of aliphatic hydroxyl groups is 3. The summed E-state index contributed by atoms with van der Waals surface area (Å²) in [6.45, 7) is -0.572. The number of carboxylic acid groups (broad SMARTS) is 1. The molecule has 1 heterocycles. The predicted molar refractivity (Wildman–Crippen MR) is 63.2 cm³/mol. The van der Waals surface area contributed by atoms with Crippen molar-refractivity contribution in [1.82, 2.24) is 0 Å². The summed E-state index contributed by atoms with van der Waals surface area (Å²) in [6.07, 6.45) is -6.41. The molecule has 0 amide bonds. The van der Waals surface area contributed by atoms with Gasteiger partial charge in [-0.05, 0) is 0 Å². The van der Waals surface area contributed by atoms with Crippen LogP contribution in [0.25, 0.3) is 0 Å². The number of carboxylic acids is 1. The van der Waals surface area contributed by atoms with Gasteiger partial charge in [0.1, 0.15) is 0 Å². The molecule has 0 aromatic carbocycles. The average Bonchev–Trinajstić information content (AvgIpc) is 2.52. The molecule has 112 valence electrons. The summed E-state index contributed by atoms with van der Waals surface area (Å²) in [4.78, 5) is 10.4. The molecular weight excluding hydrogens is 323 g/mol. The van der Waals surface area contributed by atoms with Gasteiger partial charge < -0.3 is 0 Å². The van der Waals surface area contributed by atoms with Crippen molar-refractivity contribution in [3.8, 4) is 0 Å². The van der Waals surface area contributed by atoms with E-state index >= 15 is 0 Å². The molecule has 0 aromatic rings. The van der Waals surface area contributed by atoms with Crippen LogP contribution in [-0.4, -0.2) is 77.2 Å². The van der Waals surface area contributed by atoms with E-state index in [0.29, 0.717) is 0 Å². The van der Waals surface area contributed by atoms with Crippen molar-refractivity contribution in [2.24, 2.45) is 0 Å². The number of hydrogen-bond donors (Lipinski definition) is 4. The van der Waals surface area contributed by atoms with Gasteiger partial charge in [0.15, 0.2) is 0 Å². The Kier molecular flexibility index (Phi) is 5.61. The summed E-state index contributed by atoms with van der Waals surface area (Å²) in [6, 6.07) is 0. The minimum atomic E-state index is -3.06. The summed E-state index contributed by atoms with van der Waals surface area (Å²) in [5.74, 6) is -1.46. The summed E-state index contributed by atoms with van der Waals surface area (Å²) < 4.78 is 21.8. The topological polar surface area (TPSA) is 134 Å². The molecule has 0 spiro atoms. The van der Waals surface area contributed by atoms with Gasteiger partial charge in [0.05, 0.1) is 0 Å². The van der Waals surface area contributed by atoms with Crippen LogP contribution < -0.4 is 0 Å². The standard InChI is InChI=1S/C10H19AsO8/c1-11(2,17)3-6-7(13)8(14)10(19-6)18-4-5(12)9(15)16/h5-8,10,12-14H,3-4H2,1-2H3,(H,15,16)/t5-,6+,7-,8+,10+/m0/s1. The van der Waals surface area contributed by atoms with Crippen LogP contribution in [0.5, 0.6) is 0 Å². The average molecular weight is 342 g/mol. The second-order valence-corrected chi connectivity index (χ2v) is 12.3. The Labute approximate surface area is 112 Å². The first-order chi connectivity index (χ1) is 8.61. The van der Waals surface area contributed by atoms with Gasteiger partial charge in [-0.3, -0.25) is 0 Å². The normalized spacial score (nSPS) is 33.3. The summed E-state index contributed by atoms with van der Waals surface area (Å²) >= 11 is -3.06. The van der Waals surface area contributed by atoms with E-state index in [1.165, 1.54) is 0 Å². The molecule has 0 aliphatic carbocycles. The van der Waals surface area contributed by atoms with Gasteiger partial charge in [0, 0.05) is 0 Å².